The minimum absolute atomic E-state index is 0.812. The third-order valence-corrected chi connectivity index (χ3v) is 2.11. The molecular formula is C5H12NSi-. The molecule has 0 amide bonds. The van der Waals surface area contributed by atoms with Gasteiger partial charge in [0.1, 0.15) is 0 Å². The van der Waals surface area contributed by atoms with E-state index in [2.05, 4.69) is 25.7 Å². The first kappa shape index (κ1) is 6.71. The van der Waals surface area contributed by atoms with Crippen molar-refractivity contribution in [1.29, 1.82) is 5.26 Å². The van der Waals surface area contributed by atoms with Crippen LogP contribution in [0.25, 0.3) is 0 Å². The summed E-state index contributed by atoms with van der Waals surface area (Å²) in [5, 5.41) is 8.19. The summed E-state index contributed by atoms with van der Waals surface area (Å²) in [5.74, 6) is 0. The van der Waals surface area contributed by atoms with Crippen molar-refractivity contribution in [2.75, 3.05) is 0 Å². The van der Waals surface area contributed by atoms with Gasteiger partial charge >= 0.3 is 45.1 Å². The van der Waals surface area contributed by atoms with Crippen LogP contribution in [-0.2, 0) is 0 Å². The fourth-order valence-electron chi connectivity index (χ4n) is 0.274. The Balaban J connectivity index is 3.40. The van der Waals surface area contributed by atoms with E-state index in [-0.39, 0.29) is 0 Å². The Kier molecular flexibility index (Phi) is 2.04. The fraction of sp³-hybridized carbons (Fsp3) is 0.800. The van der Waals surface area contributed by atoms with E-state index in [1.54, 1.807) is 0 Å². The van der Waals surface area contributed by atoms with E-state index in [0.29, 0.717) is 0 Å². The predicted octanol–water partition coefficient (Wildman–Crippen LogP) is 1.58. The molecule has 0 saturated heterocycles. The summed E-state index contributed by atoms with van der Waals surface area (Å²) in [6.45, 7) is 6.66. The van der Waals surface area contributed by atoms with Crippen LogP contribution >= 0.6 is 0 Å². The normalized spacial score (nSPS) is 12.9. The molecule has 0 aromatic heterocycles. The monoisotopic (exact) mass is 114 g/mol. The molecule has 0 bridgehead atoms. The van der Waals surface area contributed by atoms with Crippen molar-refractivity contribution < 1.29 is 0 Å². The maximum atomic E-state index is 8.19. The summed E-state index contributed by atoms with van der Waals surface area (Å²) in [6, 6.07) is 2.99. The number of nitrogens with zero attached hydrogens (tertiary/aromatic N) is 1. The Labute approximate surface area is 46.0 Å². The number of nitriles is 1. The second kappa shape index (κ2) is 2.13. The Morgan fingerprint density at radius 1 is 1.43 bits per heavy atom. The fourth-order valence-corrected chi connectivity index (χ4v) is 0.822. The molecule has 0 fully saturated rings. The van der Waals surface area contributed by atoms with Crippen molar-refractivity contribution >= 4 is 8.07 Å². The molecule has 0 aliphatic rings. The van der Waals surface area contributed by atoms with Crippen molar-refractivity contribution in [3.8, 4) is 6.07 Å². The summed E-state index contributed by atoms with van der Waals surface area (Å²) in [6.07, 6.45) is 0. The third kappa shape index (κ3) is 5.71. The van der Waals surface area contributed by atoms with Gasteiger partial charge in [-0.1, -0.05) is 0 Å². The predicted molar refractivity (Wildman–Crippen MR) is 35.2 cm³/mol. The standard InChI is InChI=1S/C5H12NSi/c1-7(2,3)5-4-6/h7H,5H2,1-3H3/q-1. The van der Waals surface area contributed by atoms with Gasteiger partial charge in [-0.25, -0.2) is 0 Å². The molecule has 7 heavy (non-hydrogen) atoms. The van der Waals surface area contributed by atoms with E-state index in [4.69, 9.17) is 5.26 Å². The molecule has 0 heterocycles. The number of hydrogen-bond donors (Lipinski definition) is 0. The van der Waals surface area contributed by atoms with Gasteiger partial charge in [-0.2, -0.15) is 0 Å². The van der Waals surface area contributed by atoms with Crippen LogP contribution in [-0.4, -0.2) is 8.07 Å². The molecule has 0 rings (SSSR count). The zero-order valence-corrected chi connectivity index (χ0v) is 6.39. The van der Waals surface area contributed by atoms with Crippen LogP contribution in [0.4, 0.5) is 0 Å². The Morgan fingerprint density at radius 3 is 1.86 bits per heavy atom. The molecule has 0 spiro atoms. The van der Waals surface area contributed by atoms with E-state index in [0.717, 1.165) is 6.04 Å². The van der Waals surface area contributed by atoms with Crippen LogP contribution in [0.15, 0.2) is 0 Å². The second-order valence-corrected chi connectivity index (χ2v) is 9.64. The first-order valence-electron chi connectivity index (χ1n) is 2.72. The van der Waals surface area contributed by atoms with Gasteiger partial charge < -0.3 is 0 Å². The van der Waals surface area contributed by atoms with Crippen LogP contribution < -0.4 is 0 Å². The summed E-state index contributed by atoms with van der Waals surface area (Å²) in [5.41, 5.74) is 0. The molecule has 0 radical (unpaired) electrons. The van der Waals surface area contributed by atoms with E-state index in [1.165, 1.54) is 0 Å². The molecule has 0 aliphatic heterocycles. The Morgan fingerprint density at radius 2 is 1.86 bits per heavy atom. The van der Waals surface area contributed by atoms with Crippen LogP contribution in [0.3, 0.4) is 0 Å². The molecule has 2 heteroatoms. The Hall–Kier alpha value is -0.293. The van der Waals surface area contributed by atoms with Gasteiger partial charge in [0.05, 0.1) is 0 Å². The zero-order valence-electron chi connectivity index (χ0n) is 5.23. The summed E-state index contributed by atoms with van der Waals surface area (Å²) in [4.78, 5) is 0. The molecule has 0 aromatic rings. The quantitative estimate of drug-likeness (QED) is 0.475. The first-order valence-corrected chi connectivity index (χ1v) is 7.00. The number of rotatable bonds is 1. The van der Waals surface area contributed by atoms with Gasteiger partial charge in [-0.15, -0.1) is 0 Å². The van der Waals surface area contributed by atoms with Crippen molar-refractivity contribution in [2.24, 2.45) is 0 Å². The summed E-state index contributed by atoms with van der Waals surface area (Å²) >= 11 is 0. The molecule has 0 atom stereocenters. The molecular weight excluding hydrogens is 102 g/mol. The average Bonchev–Trinajstić information content (AvgIpc) is 1.30. The molecule has 1 nitrogen and oxygen atoms in total. The minimum atomic E-state index is -1.26. The van der Waals surface area contributed by atoms with Gasteiger partial charge in [-0.05, 0) is 0 Å². The van der Waals surface area contributed by atoms with Gasteiger partial charge in [0, 0.05) is 0 Å². The van der Waals surface area contributed by atoms with E-state index in [9.17, 15) is 0 Å². The summed E-state index contributed by atoms with van der Waals surface area (Å²) < 4.78 is 0. The van der Waals surface area contributed by atoms with Crippen molar-refractivity contribution in [1.82, 2.24) is 0 Å². The molecule has 0 N–H and O–H groups in total. The van der Waals surface area contributed by atoms with Crippen molar-refractivity contribution in [3.05, 3.63) is 0 Å². The molecule has 0 unspecified atom stereocenters. The SMILES string of the molecule is C[SiH-](C)(C)CC#N. The molecule has 42 valence electrons. The van der Waals surface area contributed by atoms with Gasteiger partial charge in [-0.3, -0.25) is 0 Å². The summed E-state index contributed by atoms with van der Waals surface area (Å²) in [7, 11) is -1.26. The van der Waals surface area contributed by atoms with Gasteiger partial charge in [0.25, 0.3) is 0 Å². The zero-order chi connectivity index (χ0) is 5.91. The van der Waals surface area contributed by atoms with Crippen LogP contribution in [0.5, 0.6) is 0 Å². The number of hydrogen-bond acceptors (Lipinski definition) is 1. The van der Waals surface area contributed by atoms with Crippen LogP contribution in [0.2, 0.25) is 25.7 Å². The van der Waals surface area contributed by atoms with E-state index >= 15 is 0 Å². The van der Waals surface area contributed by atoms with E-state index < -0.39 is 8.07 Å². The third-order valence-electron chi connectivity index (χ3n) is 0.704. The van der Waals surface area contributed by atoms with Gasteiger partial charge in [0.2, 0.25) is 0 Å². The molecule has 0 aliphatic carbocycles. The van der Waals surface area contributed by atoms with Crippen molar-refractivity contribution in [3.63, 3.8) is 0 Å². The Bertz CT molecular complexity index is 85.2. The first-order chi connectivity index (χ1) is 3.06. The topological polar surface area (TPSA) is 23.8 Å². The molecule has 0 aromatic carbocycles. The molecule has 0 saturated carbocycles. The van der Waals surface area contributed by atoms with Crippen LogP contribution in [0, 0.1) is 11.3 Å². The van der Waals surface area contributed by atoms with Gasteiger partial charge in [0.15, 0.2) is 0 Å². The maximum absolute atomic E-state index is 8.19. The second-order valence-electron chi connectivity index (χ2n) is 3.32. The van der Waals surface area contributed by atoms with Crippen molar-refractivity contribution in [2.45, 2.75) is 25.7 Å². The van der Waals surface area contributed by atoms with E-state index in [1.807, 2.05) is 0 Å². The average molecular weight is 114 g/mol. The van der Waals surface area contributed by atoms with Crippen LogP contribution in [0.1, 0.15) is 0 Å².